The fourth-order valence-corrected chi connectivity index (χ4v) is 1.75. The van der Waals surface area contributed by atoms with Crippen molar-refractivity contribution in [3.8, 4) is 0 Å². The van der Waals surface area contributed by atoms with Gasteiger partial charge in [0.15, 0.2) is 0 Å². The first-order chi connectivity index (χ1) is 6.98. The highest BCUT2D eigenvalue weighted by Gasteiger charge is 2.50. The topological polar surface area (TPSA) is 74.6 Å². The maximum atomic E-state index is 11.5. The average molecular weight is 224 g/mol. The molecule has 1 aliphatic carbocycles. The van der Waals surface area contributed by atoms with E-state index in [1.165, 1.54) is 12.1 Å². The average Bonchev–Trinajstić information content (AvgIpc) is 2.40. The van der Waals surface area contributed by atoms with Gasteiger partial charge in [-0.15, -0.1) is 0 Å². The first kappa shape index (κ1) is 10.4. The molecule has 5 heteroatoms. The Labute approximate surface area is 91.0 Å². The summed E-state index contributed by atoms with van der Waals surface area (Å²) in [6, 6.07) is 4.49. The monoisotopic (exact) mass is 224 g/mol. The molecule has 0 bridgehead atoms. The van der Waals surface area contributed by atoms with Crippen molar-refractivity contribution in [3.63, 3.8) is 0 Å². The van der Waals surface area contributed by atoms with Crippen LogP contribution >= 0.6 is 12.6 Å². The van der Waals surface area contributed by atoms with Crippen LogP contribution in [0.15, 0.2) is 18.2 Å². The predicted octanol–water partition coefficient (Wildman–Crippen LogP) is 0.176. The number of aliphatic hydroxyl groups is 2. The highest BCUT2D eigenvalue weighted by Crippen LogP contribution is 2.29. The van der Waals surface area contributed by atoms with Gasteiger partial charge < -0.3 is 10.2 Å². The summed E-state index contributed by atoms with van der Waals surface area (Å²) < 4.78 is 0. The van der Waals surface area contributed by atoms with Gasteiger partial charge in [-0.25, -0.2) is 0 Å². The van der Waals surface area contributed by atoms with E-state index >= 15 is 0 Å². The Morgan fingerprint density at radius 3 is 2.33 bits per heavy atom. The van der Waals surface area contributed by atoms with Crippen LogP contribution in [0.25, 0.3) is 0 Å². The van der Waals surface area contributed by atoms with Gasteiger partial charge in [0.05, 0.1) is 0 Å². The third-order valence-corrected chi connectivity index (χ3v) is 2.75. The van der Waals surface area contributed by atoms with Gasteiger partial charge in [0, 0.05) is 16.9 Å². The molecule has 2 rings (SSSR count). The normalized spacial score (nSPS) is 18.1. The highest BCUT2D eigenvalue weighted by molar-refractivity contribution is 7.79. The third-order valence-electron chi connectivity index (χ3n) is 2.39. The number of thiol groups is 1. The van der Waals surface area contributed by atoms with Gasteiger partial charge in [-0.2, -0.15) is 12.6 Å². The minimum Gasteiger partial charge on any atom is -0.353 e. The number of Topliss-reactive ketones (excluding diaryl/α,β-unsaturated/α-hetero) is 2. The maximum Gasteiger partial charge on any atom is 0.295 e. The second-order valence-electron chi connectivity index (χ2n) is 3.37. The van der Waals surface area contributed by atoms with Crippen molar-refractivity contribution < 1.29 is 19.8 Å². The molecule has 0 heterocycles. The number of hydrogen-bond donors (Lipinski definition) is 3. The van der Waals surface area contributed by atoms with E-state index in [1.54, 1.807) is 6.07 Å². The number of benzene rings is 1. The first-order valence-electron chi connectivity index (χ1n) is 4.26. The fourth-order valence-electron chi connectivity index (χ4n) is 1.55. The number of hydrogen-bond acceptors (Lipinski definition) is 5. The molecule has 0 saturated heterocycles. The Morgan fingerprint density at radius 1 is 1.13 bits per heavy atom. The molecule has 1 aromatic carbocycles. The van der Waals surface area contributed by atoms with E-state index in [1.807, 2.05) is 0 Å². The van der Waals surface area contributed by atoms with Gasteiger partial charge in [-0.05, 0) is 11.6 Å². The molecule has 1 aliphatic rings. The number of rotatable bonds is 1. The van der Waals surface area contributed by atoms with Crippen LogP contribution in [-0.2, 0) is 5.75 Å². The van der Waals surface area contributed by atoms with Crippen LogP contribution in [-0.4, -0.2) is 27.6 Å². The SMILES string of the molecule is O=C1c2ccc(CS)cc2C(=O)C1(O)O. The molecule has 0 atom stereocenters. The number of ketones is 2. The van der Waals surface area contributed by atoms with Crippen molar-refractivity contribution in [1.82, 2.24) is 0 Å². The Bertz CT molecular complexity index is 464. The van der Waals surface area contributed by atoms with E-state index in [4.69, 9.17) is 0 Å². The quantitative estimate of drug-likeness (QED) is 0.361. The summed E-state index contributed by atoms with van der Waals surface area (Å²) in [6.45, 7) is 0. The molecule has 0 saturated carbocycles. The summed E-state index contributed by atoms with van der Waals surface area (Å²) >= 11 is 4.02. The lowest BCUT2D eigenvalue weighted by Crippen LogP contribution is -2.40. The maximum absolute atomic E-state index is 11.5. The van der Waals surface area contributed by atoms with Gasteiger partial charge in [-0.1, -0.05) is 12.1 Å². The van der Waals surface area contributed by atoms with Crippen LogP contribution in [0.1, 0.15) is 26.3 Å². The molecule has 2 N–H and O–H groups in total. The van der Waals surface area contributed by atoms with Crippen molar-refractivity contribution in [3.05, 3.63) is 34.9 Å². The molecule has 0 radical (unpaired) electrons. The molecule has 4 nitrogen and oxygen atoms in total. The highest BCUT2D eigenvalue weighted by atomic mass is 32.1. The van der Waals surface area contributed by atoms with E-state index in [-0.39, 0.29) is 11.1 Å². The Kier molecular flexibility index (Phi) is 2.18. The van der Waals surface area contributed by atoms with Crippen LogP contribution in [0, 0.1) is 0 Å². The van der Waals surface area contributed by atoms with E-state index in [0.717, 1.165) is 5.56 Å². The van der Waals surface area contributed by atoms with Crippen LogP contribution in [0.4, 0.5) is 0 Å². The van der Waals surface area contributed by atoms with Crippen molar-refractivity contribution in [2.45, 2.75) is 11.5 Å². The van der Waals surface area contributed by atoms with E-state index in [9.17, 15) is 19.8 Å². The minimum absolute atomic E-state index is 0.0514. The van der Waals surface area contributed by atoms with Crippen LogP contribution in [0.3, 0.4) is 0 Å². The summed E-state index contributed by atoms with van der Waals surface area (Å²) in [5, 5.41) is 18.5. The summed E-state index contributed by atoms with van der Waals surface area (Å²) in [5.74, 6) is -4.41. The zero-order chi connectivity index (χ0) is 11.2. The number of carbonyl (C=O) groups is 2. The predicted molar refractivity (Wildman–Crippen MR) is 55.0 cm³/mol. The van der Waals surface area contributed by atoms with Crippen molar-refractivity contribution in [1.29, 1.82) is 0 Å². The van der Waals surface area contributed by atoms with E-state index in [0.29, 0.717) is 5.75 Å². The Hall–Kier alpha value is -1.17. The van der Waals surface area contributed by atoms with E-state index in [2.05, 4.69) is 12.6 Å². The standard InChI is InChI=1S/C10H8O4S/c11-8-6-2-1-5(4-15)3-7(6)9(12)10(8,13)14/h1-3,13-15H,4H2. The molecule has 0 unspecified atom stereocenters. The molecule has 0 spiro atoms. The second-order valence-corrected chi connectivity index (χ2v) is 3.68. The zero-order valence-corrected chi connectivity index (χ0v) is 8.49. The summed E-state index contributed by atoms with van der Waals surface area (Å²) in [4.78, 5) is 22.8. The lowest BCUT2D eigenvalue weighted by atomic mass is 10.1. The molecular weight excluding hydrogens is 216 g/mol. The summed E-state index contributed by atoms with van der Waals surface area (Å²) in [6.07, 6.45) is 0. The third kappa shape index (κ3) is 1.31. The van der Waals surface area contributed by atoms with Crippen molar-refractivity contribution in [2.24, 2.45) is 0 Å². The molecule has 1 aromatic rings. The Balaban J connectivity index is 2.63. The van der Waals surface area contributed by atoms with Gasteiger partial charge in [0.25, 0.3) is 5.79 Å². The van der Waals surface area contributed by atoms with Crippen LogP contribution in [0.2, 0.25) is 0 Å². The van der Waals surface area contributed by atoms with Gasteiger partial charge in [-0.3, -0.25) is 9.59 Å². The molecule has 78 valence electrons. The van der Waals surface area contributed by atoms with Crippen LogP contribution in [0.5, 0.6) is 0 Å². The first-order valence-corrected chi connectivity index (χ1v) is 4.90. The lowest BCUT2D eigenvalue weighted by Gasteiger charge is -2.08. The van der Waals surface area contributed by atoms with Gasteiger partial charge in [0.2, 0.25) is 11.6 Å². The molecule has 15 heavy (non-hydrogen) atoms. The van der Waals surface area contributed by atoms with Crippen molar-refractivity contribution in [2.75, 3.05) is 0 Å². The lowest BCUT2D eigenvalue weighted by molar-refractivity contribution is -0.0857. The Morgan fingerprint density at radius 2 is 1.73 bits per heavy atom. The van der Waals surface area contributed by atoms with E-state index < -0.39 is 17.4 Å². The number of fused-ring (bicyclic) bond motifs is 1. The molecule has 0 amide bonds. The van der Waals surface area contributed by atoms with Crippen LogP contribution < -0.4 is 0 Å². The smallest absolute Gasteiger partial charge is 0.295 e. The molecule has 0 aromatic heterocycles. The largest absolute Gasteiger partial charge is 0.353 e. The van der Waals surface area contributed by atoms with Gasteiger partial charge >= 0.3 is 0 Å². The second kappa shape index (κ2) is 3.16. The van der Waals surface area contributed by atoms with Gasteiger partial charge in [0.1, 0.15) is 0 Å². The summed E-state index contributed by atoms with van der Waals surface area (Å²) in [5.41, 5.74) is 0.850. The molecule has 0 fully saturated rings. The molecular formula is C10H8O4S. The number of carbonyl (C=O) groups excluding carboxylic acids is 2. The fraction of sp³-hybridized carbons (Fsp3) is 0.200. The minimum atomic E-state index is -2.89. The zero-order valence-electron chi connectivity index (χ0n) is 7.60. The summed E-state index contributed by atoms with van der Waals surface area (Å²) in [7, 11) is 0. The molecule has 0 aliphatic heterocycles. The van der Waals surface area contributed by atoms with Crippen molar-refractivity contribution >= 4 is 24.2 Å².